The molecule has 0 aliphatic heterocycles. The summed E-state index contributed by atoms with van der Waals surface area (Å²) in [6, 6.07) is 3.79. The Balaban J connectivity index is 3.28. The van der Waals surface area contributed by atoms with Crippen LogP contribution in [-0.2, 0) is 10.2 Å². The Hall–Kier alpha value is -1.03. The van der Waals surface area contributed by atoms with Crippen molar-refractivity contribution >= 4 is 21.9 Å². The Labute approximate surface area is 110 Å². The standard InChI is InChI=1S/C13H17BrO3/c1-8-10(13(2,3)7-12(15)16)5-9(17-4)6-11(8)14/h5-6H,7H2,1-4H3,(H,15,16). The summed E-state index contributed by atoms with van der Waals surface area (Å²) >= 11 is 3.47. The minimum Gasteiger partial charge on any atom is -0.497 e. The van der Waals surface area contributed by atoms with Gasteiger partial charge in [-0.25, -0.2) is 0 Å². The van der Waals surface area contributed by atoms with Gasteiger partial charge in [-0.15, -0.1) is 0 Å². The van der Waals surface area contributed by atoms with Crippen molar-refractivity contribution in [2.24, 2.45) is 0 Å². The van der Waals surface area contributed by atoms with Crippen molar-refractivity contribution in [2.45, 2.75) is 32.6 Å². The van der Waals surface area contributed by atoms with Crippen molar-refractivity contribution in [3.63, 3.8) is 0 Å². The van der Waals surface area contributed by atoms with Crippen LogP contribution in [0.5, 0.6) is 5.75 Å². The highest BCUT2D eigenvalue weighted by Crippen LogP contribution is 2.36. The molecule has 0 atom stereocenters. The van der Waals surface area contributed by atoms with Crippen molar-refractivity contribution in [3.05, 3.63) is 27.7 Å². The smallest absolute Gasteiger partial charge is 0.304 e. The van der Waals surface area contributed by atoms with Crippen molar-refractivity contribution in [3.8, 4) is 5.75 Å². The number of hydrogen-bond acceptors (Lipinski definition) is 2. The number of methoxy groups -OCH3 is 1. The number of carbonyl (C=O) groups is 1. The first-order valence-corrected chi connectivity index (χ1v) is 6.13. The third-order valence-electron chi connectivity index (χ3n) is 2.88. The van der Waals surface area contributed by atoms with Crippen LogP contribution in [0.2, 0.25) is 0 Å². The van der Waals surface area contributed by atoms with Gasteiger partial charge < -0.3 is 9.84 Å². The Bertz CT molecular complexity index is 439. The molecule has 1 rings (SSSR count). The van der Waals surface area contributed by atoms with E-state index in [-0.39, 0.29) is 6.42 Å². The zero-order chi connectivity index (χ0) is 13.2. The minimum absolute atomic E-state index is 0.0907. The summed E-state index contributed by atoms with van der Waals surface area (Å²) in [6.07, 6.45) is 0.0907. The van der Waals surface area contributed by atoms with Gasteiger partial charge in [0.15, 0.2) is 0 Å². The second-order valence-corrected chi connectivity index (χ2v) is 5.59. The van der Waals surface area contributed by atoms with Crippen LogP contribution in [0.4, 0.5) is 0 Å². The zero-order valence-electron chi connectivity index (χ0n) is 10.5. The van der Waals surface area contributed by atoms with Crippen LogP contribution in [-0.4, -0.2) is 18.2 Å². The predicted octanol–water partition coefficient (Wildman–Crippen LogP) is 3.52. The third-order valence-corrected chi connectivity index (χ3v) is 3.70. The molecule has 4 heteroatoms. The summed E-state index contributed by atoms with van der Waals surface area (Å²) in [5.74, 6) is -0.0655. The van der Waals surface area contributed by atoms with Crippen molar-refractivity contribution in [1.82, 2.24) is 0 Å². The maximum absolute atomic E-state index is 10.9. The molecule has 0 bridgehead atoms. The summed E-state index contributed by atoms with van der Waals surface area (Å²) in [7, 11) is 1.60. The van der Waals surface area contributed by atoms with Crippen molar-refractivity contribution < 1.29 is 14.6 Å². The molecule has 0 amide bonds. The summed E-state index contributed by atoms with van der Waals surface area (Å²) in [6.45, 7) is 5.83. The summed E-state index contributed by atoms with van der Waals surface area (Å²) < 4.78 is 6.15. The molecular formula is C13H17BrO3. The van der Waals surface area contributed by atoms with E-state index in [1.807, 2.05) is 32.9 Å². The first-order valence-electron chi connectivity index (χ1n) is 5.34. The van der Waals surface area contributed by atoms with E-state index < -0.39 is 11.4 Å². The highest BCUT2D eigenvalue weighted by atomic mass is 79.9. The highest BCUT2D eigenvalue weighted by Gasteiger charge is 2.27. The van der Waals surface area contributed by atoms with Gasteiger partial charge in [-0.05, 0) is 30.2 Å². The molecule has 0 heterocycles. The van der Waals surface area contributed by atoms with Gasteiger partial charge in [0, 0.05) is 9.89 Å². The van der Waals surface area contributed by atoms with E-state index in [0.29, 0.717) is 0 Å². The number of rotatable bonds is 4. The Morgan fingerprint density at radius 2 is 2.06 bits per heavy atom. The fraction of sp³-hybridized carbons (Fsp3) is 0.462. The van der Waals surface area contributed by atoms with E-state index in [9.17, 15) is 4.79 Å². The van der Waals surface area contributed by atoms with Gasteiger partial charge in [-0.1, -0.05) is 29.8 Å². The molecule has 1 aromatic carbocycles. The van der Waals surface area contributed by atoms with E-state index in [2.05, 4.69) is 15.9 Å². The normalized spacial score (nSPS) is 11.4. The van der Waals surface area contributed by atoms with Gasteiger partial charge >= 0.3 is 5.97 Å². The van der Waals surface area contributed by atoms with Gasteiger partial charge in [0.2, 0.25) is 0 Å². The van der Waals surface area contributed by atoms with Crippen LogP contribution in [0.25, 0.3) is 0 Å². The Morgan fingerprint density at radius 1 is 1.47 bits per heavy atom. The van der Waals surface area contributed by atoms with E-state index in [4.69, 9.17) is 9.84 Å². The zero-order valence-corrected chi connectivity index (χ0v) is 12.1. The van der Waals surface area contributed by atoms with Crippen LogP contribution in [0, 0.1) is 6.92 Å². The molecule has 94 valence electrons. The van der Waals surface area contributed by atoms with Crippen LogP contribution in [0.3, 0.4) is 0 Å². The van der Waals surface area contributed by atoms with Crippen LogP contribution < -0.4 is 4.74 Å². The molecule has 0 fully saturated rings. The summed E-state index contributed by atoms with van der Waals surface area (Å²) in [5, 5.41) is 8.95. The van der Waals surface area contributed by atoms with Gasteiger partial charge in [0.25, 0.3) is 0 Å². The second-order valence-electron chi connectivity index (χ2n) is 4.74. The largest absolute Gasteiger partial charge is 0.497 e. The fourth-order valence-corrected chi connectivity index (χ4v) is 2.39. The molecule has 0 aliphatic rings. The molecule has 1 aromatic rings. The number of ether oxygens (including phenoxy) is 1. The van der Waals surface area contributed by atoms with Gasteiger partial charge in [0.05, 0.1) is 13.5 Å². The number of hydrogen-bond donors (Lipinski definition) is 1. The quantitative estimate of drug-likeness (QED) is 0.925. The van der Waals surface area contributed by atoms with Gasteiger partial charge in [-0.2, -0.15) is 0 Å². The average Bonchev–Trinajstić information content (AvgIpc) is 2.19. The molecule has 0 radical (unpaired) electrons. The van der Waals surface area contributed by atoms with E-state index in [0.717, 1.165) is 21.3 Å². The lowest BCUT2D eigenvalue weighted by molar-refractivity contribution is -0.138. The molecule has 0 aromatic heterocycles. The summed E-state index contributed by atoms with van der Waals surface area (Å²) in [4.78, 5) is 10.9. The number of carboxylic acids is 1. The van der Waals surface area contributed by atoms with Crippen LogP contribution in [0.15, 0.2) is 16.6 Å². The molecule has 3 nitrogen and oxygen atoms in total. The predicted molar refractivity (Wildman–Crippen MR) is 70.7 cm³/mol. The van der Waals surface area contributed by atoms with Gasteiger partial charge in [0.1, 0.15) is 5.75 Å². The maximum atomic E-state index is 10.9. The topological polar surface area (TPSA) is 46.5 Å². The molecule has 17 heavy (non-hydrogen) atoms. The molecule has 0 unspecified atom stereocenters. The van der Waals surface area contributed by atoms with Crippen molar-refractivity contribution in [1.29, 1.82) is 0 Å². The Kier molecular flexibility index (Phi) is 4.20. The highest BCUT2D eigenvalue weighted by molar-refractivity contribution is 9.10. The van der Waals surface area contributed by atoms with Crippen LogP contribution in [0.1, 0.15) is 31.4 Å². The maximum Gasteiger partial charge on any atom is 0.304 e. The molecular weight excluding hydrogens is 284 g/mol. The molecule has 0 saturated heterocycles. The second kappa shape index (κ2) is 5.08. The van der Waals surface area contributed by atoms with E-state index in [1.165, 1.54) is 0 Å². The first kappa shape index (κ1) is 14.0. The van der Waals surface area contributed by atoms with E-state index in [1.54, 1.807) is 7.11 Å². The molecule has 0 aliphatic carbocycles. The van der Waals surface area contributed by atoms with E-state index >= 15 is 0 Å². The van der Waals surface area contributed by atoms with Crippen molar-refractivity contribution in [2.75, 3.05) is 7.11 Å². The molecule has 1 N–H and O–H groups in total. The summed E-state index contributed by atoms with van der Waals surface area (Å²) in [5.41, 5.74) is 1.62. The lowest BCUT2D eigenvalue weighted by Gasteiger charge is -2.26. The third kappa shape index (κ3) is 3.22. The molecule has 0 spiro atoms. The number of halogens is 1. The number of benzene rings is 1. The monoisotopic (exact) mass is 300 g/mol. The number of carboxylic acid groups (broad SMARTS) is 1. The first-order chi connectivity index (χ1) is 7.77. The molecule has 0 saturated carbocycles. The minimum atomic E-state index is -0.798. The lowest BCUT2D eigenvalue weighted by atomic mass is 9.79. The number of aliphatic carboxylic acids is 1. The average molecular weight is 301 g/mol. The van der Waals surface area contributed by atoms with Crippen LogP contribution >= 0.6 is 15.9 Å². The lowest BCUT2D eigenvalue weighted by Crippen LogP contribution is -2.23. The van der Waals surface area contributed by atoms with Gasteiger partial charge in [-0.3, -0.25) is 4.79 Å². The fourth-order valence-electron chi connectivity index (χ4n) is 1.95. The SMILES string of the molecule is COc1cc(Br)c(C)c(C(C)(C)CC(=O)O)c1. The Morgan fingerprint density at radius 3 is 2.53 bits per heavy atom.